The van der Waals surface area contributed by atoms with Crippen LogP contribution in [-0.4, -0.2) is 64.2 Å². The maximum Gasteiger partial charge on any atom is 0.310 e. The number of anilines is 1. The maximum absolute atomic E-state index is 15.4. The fourth-order valence-corrected chi connectivity index (χ4v) is 5.62. The van der Waals surface area contributed by atoms with Crippen LogP contribution in [-0.2, 0) is 9.53 Å². The van der Waals surface area contributed by atoms with E-state index in [-0.39, 0.29) is 23.8 Å². The minimum Gasteiger partial charge on any atom is -0.469 e. The molecule has 9 heteroatoms. The standard InChI is InChI=1S/C30H36FN5O3/c1-19(2)14-23-16-27(29(37)35-12-7-5-6-8-20(35)3)32-28-17-26(33-36(23)28)24-10-9-22(15-25(24)31)34-13-11-21(18-34)30(38)39-4/h9-10,14-17,20-21H,5-8,11-13,18H2,1-4H3/t20-,21+/m1/s1. The van der Waals surface area contributed by atoms with Crippen LogP contribution in [0.15, 0.2) is 35.9 Å². The van der Waals surface area contributed by atoms with E-state index in [4.69, 9.17) is 4.74 Å². The number of aromatic nitrogens is 3. The molecule has 5 rings (SSSR count). The number of methoxy groups -OCH3 is 1. The lowest BCUT2D eigenvalue weighted by molar-refractivity contribution is -0.144. The highest BCUT2D eigenvalue weighted by atomic mass is 19.1. The average Bonchev–Trinajstić information content (AvgIpc) is 3.52. The van der Waals surface area contributed by atoms with Gasteiger partial charge in [-0.2, -0.15) is 5.10 Å². The number of benzene rings is 1. The highest BCUT2D eigenvalue weighted by molar-refractivity contribution is 5.93. The zero-order chi connectivity index (χ0) is 27.7. The smallest absolute Gasteiger partial charge is 0.310 e. The van der Waals surface area contributed by atoms with Crippen LogP contribution in [0.2, 0.25) is 0 Å². The van der Waals surface area contributed by atoms with E-state index in [0.29, 0.717) is 47.8 Å². The zero-order valence-electron chi connectivity index (χ0n) is 23.1. The number of carbonyl (C=O) groups is 2. The zero-order valence-corrected chi connectivity index (χ0v) is 23.1. The van der Waals surface area contributed by atoms with Crippen LogP contribution in [0.4, 0.5) is 10.1 Å². The molecule has 0 spiro atoms. The lowest BCUT2D eigenvalue weighted by Crippen LogP contribution is -2.38. The van der Waals surface area contributed by atoms with Crippen molar-refractivity contribution in [3.63, 3.8) is 0 Å². The van der Waals surface area contributed by atoms with Gasteiger partial charge in [0.15, 0.2) is 5.65 Å². The number of ether oxygens (including phenoxy) is 1. The van der Waals surface area contributed by atoms with E-state index in [0.717, 1.165) is 43.5 Å². The molecular weight excluding hydrogens is 497 g/mol. The molecule has 0 saturated carbocycles. The summed E-state index contributed by atoms with van der Waals surface area (Å²) in [6.45, 7) is 7.95. The van der Waals surface area contributed by atoms with Crippen LogP contribution in [0.1, 0.15) is 69.1 Å². The third-order valence-corrected chi connectivity index (χ3v) is 7.74. The Labute approximate surface area is 228 Å². The second kappa shape index (κ2) is 11.2. The van der Waals surface area contributed by atoms with Gasteiger partial charge in [0, 0.05) is 43.0 Å². The molecule has 39 heavy (non-hydrogen) atoms. The van der Waals surface area contributed by atoms with Gasteiger partial charge in [-0.25, -0.2) is 13.9 Å². The first-order valence-electron chi connectivity index (χ1n) is 13.7. The molecule has 1 aromatic carbocycles. The Morgan fingerprint density at radius 3 is 2.64 bits per heavy atom. The minimum atomic E-state index is -0.407. The number of allylic oxidation sites excluding steroid dienone is 1. The second-order valence-electron chi connectivity index (χ2n) is 10.9. The molecule has 1 amide bonds. The summed E-state index contributed by atoms with van der Waals surface area (Å²) in [6.07, 6.45) is 6.87. The SMILES string of the molecule is COC(=O)[C@H]1CCN(c2ccc(-c3cc4nc(C(=O)N5CCCCC[C@H]5C)cc(C=C(C)C)n4n3)c(F)c2)C1. The molecule has 2 atom stereocenters. The number of esters is 1. The predicted molar refractivity (Wildman–Crippen MR) is 149 cm³/mol. The number of fused-ring (bicyclic) bond motifs is 1. The Kier molecular flexibility index (Phi) is 7.68. The fraction of sp³-hybridized carbons (Fsp3) is 0.467. The summed E-state index contributed by atoms with van der Waals surface area (Å²) in [5.41, 5.74) is 4.15. The van der Waals surface area contributed by atoms with Gasteiger partial charge in [-0.05, 0) is 70.4 Å². The Morgan fingerprint density at radius 2 is 1.90 bits per heavy atom. The van der Waals surface area contributed by atoms with Gasteiger partial charge >= 0.3 is 5.97 Å². The van der Waals surface area contributed by atoms with Crippen molar-refractivity contribution in [1.82, 2.24) is 19.5 Å². The maximum atomic E-state index is 15.4. The normalized spacial score (nSPS) is 19.7. The fourth-order valence-electron chi connectivity index (χ4n) is 5.62. The summed E-state index contributed by atoms with van der Waals surface area (Å²) in [4.78, 5) is 34.0. The van der Waals surface area contributed by atoms with E-state index in [1.807, 2.05) is 35.8 Å². The molecule has 2 fully saturated rings. The molecule has 0 unspecified atom stereocenters. The molecule has 206 valence electrons. The summed E-state index contributed by atoms with van der Waals surface area (Å²) in [5, 5.41) is 4.68. The molecule has 3 aromatic rings. The first-order valence-corrected chi connectivity index (χ1v) is 13.7. The van der Waals surface area contributed by atoms with Crippen molar-refractivity contribution in [2.24, 2.45) is 5.92 Å². The van der Waals surface area contributed by atoms with Crippen LogP contribution >= 0.6 is 0 Å². The van der Waals surface area contributed by atoms with Crippen LogP contribution in [0.3, 0.4) is 0 Å². The summed E-state index contributed by atoms with van der Waals surface area (Å²) >= 11 is 0. The van der Waals surface area contributed by atoms with E-state index < -0.39 is 5.82 Å². The summed E-state index contributed by atoms with van der Waals surface area (Å²) in [6, 6.07) is 8.72. The highest BCUT2D eigenvalue weighted by Gasteiger charge is 2.30. The lowest BCUT2D eigenvalue weighted by Gasteiger charge is -2.27. The van der Waals surface area contributed by atoms with Crippen LogP contribution in [0.25, 0.3) is 23.0 Å². The molecule has 2 saturated heterocycles. The molecule has 4 heterocycles. The van der Waals surface area contributed by atoms with Crippen LogP contribution in [0, 0.1) is 11.7 Å². The number of hydrogen-bond acceptors (Lipinski definition) is 6. The number of carbonyl (C=O) groups excluding carboxylic acids is 2. The van der Waals surface area contributed by atoms with Crippen LogP contribution < -0.4 is 4.90 Å². The number of halogens is 1. The van der Waals surface area contributed by atoms with E-state index in [1.165, 1.54) is 13.2 Å². The molecule has 2 aliphatic rings. The van der Waals surface area contributed by atoms with Crippen molar-refractivity contribution < 1.29 is 18.7 Å². The van der Waals surface area contributed by atoms with Gasteiger partial charge in [0.25, 0.3) is 5.91 Å². The molecule has 2 aliphatic heterocycles. The van der Waals surface area contributed by atoms with Gasteiger partial charge in [-0.1, -0.05) is 18.4 Å². The topological polar surface area (TPSA) is 80.0 Å². The minimum absolute atomic E-state index is 0.0792. The Morgan fingerprint density at radius 1 is 1.08 bits per heavy atom. The van der Waals surface area contributed by atoms with E-state index in [2.05, 4.69) is 17.0 Å². The van der Waals surface area contributed by atoms with Crippen molar-refractivity contribution in [3.05, 3.63) is 53.1 Å². The van der Waals surface area contributed by atoms with Gasteiger partial charge in [0.1, 0.15) is 11.5 Å². The molecular formula is C30H36FN5O3. The summed E-state index contributed by atoms with van der Waals surface area (Å²) < 4.78 is 22.0. The average molecular weight is 534 g/mol. The van der Waals surface area contributed by atoms with Gasteiger partial charge < -0.3 is 14.5 Å². The molecule has 8 nitrogen and oxygen atoms in total. The largest absolute Gasteiger partial charge is 0.469 e. The predicted octanol–water partition coefficient (Wildman–Crippen LogP) is 5.36. The van der Waals surface area contributed by atoms with Crippen molar-refractivity contribution in [2.45, 2.75) is 58.9 Å². The van der Waals surface area contributed by atoms with Gasteiger partial charge in [-0.15, -0.1) is 0 Å². The number of rotatable bonds is 5. The van der Waals surface area contributed by atoms with Gasteiger partial charge in [0.2, 0.25) is 0 Å². The van der Waals surface area contributed by atoms with E-state index in [1.54, 1.807) is 22.7 Å². The lowest BCUT2D eigenvalue weighted by atomic mass is 10.1. The number of amides is 1. The molecule has 0 radical (unpaired) electrons. The Hall–Kier alpha value is -3.75. The first-order chi connectivity index (χ1) is 18.7. The second-order valence-corrected chi connectivity index (χ2v) is 10.9. The Bertz CT molecular complexity index is 1430. The summed E-state index contributed by atoms with van der Waals surface area (Å²) in [7, 11) is 1.39. The molecule has 2 aromatic heterocycles. The van der Waals surface area contributed by atoms with Crippen LogP contribution in [0.5, 0.6) is 0 Å². The third kappa shape index (κ3) is 5.53. The van der Waals surface area contributed by atoms with Gasteiger partial charge in [0.05, 0.1) is 24.4 Å². The number of nitrogens with zero attached hydrogens (tertiary/aromatic N) is 5. The highest BCUT2D eigenvalue weighted by Crippen LogP contribution is 2.30. The monoisotopic (exact) mass is 533 g/mol. The molecule has 0 N–H and O–H groups in total. The van der Waals surface area contributed by atoms with Crippen molar-refractivity contribution >= 4 is 29.3 Å². The van der Waals surface area contributed by atoms with Gasteiger partial charge in [-0.3, -0.25) is 9.59 Å². The van der Waals surface area contributed by atoms with E-state index >= 15 is 4.39 Å². The summed E-state index contributed by atoms with van der Waals surface area (Å²) in [5.74, 6) is -0.924. The molecule has 0 bridgehead atoms. The Balaban J connectivity index is 1.48. The van der Waals surface area contributed by atoms with E-state index in [9.17, 15) is 9.59 Å². The van der Waals surface area contributed by atoms with Crippen molar-refractivity contribution in [1.29, 1.82) is 0 Å². The van der Waals surface area contributed by atoms with Crippen molar-refractivity contribution in [3.8, 4) is 11.3 Å². The number of likely N-dealkylation sites (tertiary alicyclic amines) is 1. The quantitative estimate of drug-likeness (QED) is 0.411. The number of hydrogen-bond donors (Lipinski definition) is 0. The molecule has 0 aliphatic carbocycles. The van der Waals surface area contributed by atoms with Crippen molar-refractivity contribution in [2.75, 3.05) is 31.6 Å². The third-order valence-electron chi connectivity index (χ3n) is 7.74. The first kappa shape index (κ1) is 26.8.